The fourth-order valence-corrected chi connectivity index (χ4v) is 4.59. The maximum atomic E-state index is 13.5. The third-order valence-electron chi connectivity index (χ3n) is 4.97. The summed E-state index contributed by atoms with van der Waals surface area (Å²) in [5.41, 5.74) is 11.8. The first kappa shape index (κ1) is 28.0. The molecule has 0 spiro atoms. The highest BCUT2D eigenvalue weighted by atomic mass is 35.5. The van der Waals surface area contributed by atoms with Gasteiger partial charge in [-0.15, -0.1) is 0 Å². The van der Waals surface area contributed by atoms with E-state index in [0.717, 1.165) is 23.8 Å². The van der Waals surface area contributed by atoms with Crippen molar-refractivity contribution in [2.75, 3.05) is 13.6 Å². The molecule has 0 saturated carbocycles. The number of carbonyl (C=O) groups is 2. The average molecular weight is 527 g/mol. The van der Waals surface area contributed by atoms with Gasteiger partial charge in [-0.05, 0) is 36.6 Å². The molecule has 0 fully saturated rings. The van der Waals surface area contributed by atoms with Gasteiger partial charge < -0.3 is 22.1 Å². The van der Waals surface area contributed by atoms with Gasteiger partial charge in [0, 0.05) is 20.0 Å². The third kappa shape index (κ3) is 8.81. The van der Waals surface area contributed by atoms with Gasteiger partial charge in [-0.25, -0.2) is 12.8 Å². The number of benzene rings is 2. The summed E-state index contributed by atoms with van der Waals surface area (Å²) >= 11 is 5.72. The van der Waals surface area contributed by atoms with Gasteiger partial charge in [0.2, 0.25) is 21.8 Å². The van der Waals surface area contributed by atoms with Crippen LogP contribution < -0.4 is 26.8 Å². The lowest BCUT2D eigenvalue weighted by molar-refractivity contribution is -0.128. The second-order valence-electron chi connectivity index (χ2n) is 7.58. The molecule has 2 atom stereocenters. The Bertz CT molecular complexity index is 1160. The lowest BCUT2D eigenvalue weighted by atomic mass is 10.0. The van der Waals surface area contributed by atoms with Crippen LogP contribution in [0.2, 0.25) is 5.02 Å². The number of nitrogens with two attached hydrogens (primary N) is 2. The van der Waals surface area contributed by atoms with Crippen LogP contribution in [0.4, 0.5) is 4.39 Å². The molecular weight excluding hydrogens is 499 g/mol. The van der Waals surface area contributed by atoms with Crippen molar-refractivity contribution in [3.8, 4) is 0 Å². The van der Waals surface area contributed by atoms with E-state index in [1.807, 2.05) is 0 Å². The summed E-state index contributed by atoms with van der Waals surface area (Å²) in [7, 11) is -2.77. The molecule has 10 nitrogen and oxygen atoms in total. The number of guanidine groups is 1. The minimum absolute atomic E-state index is 0.0425. The second kappa shape index (κ2) is 13.0. The lowest BCUT2D eigenvalue weighted by Crippen LogP contribution is -2.53. The summed E-state index contributed by atoms with van der Waals surface area (Å²) in [6.07, 6.45) is 0.488. The van der Waals surface area contributed by atoms with Crippen molar-refractivity contribution in [2.24, 2.45) is 16.5 Å². The molecule has 13 heteroatoms. The number of primary amides is 1. The Hall–Kier alpha value is -3.22. The molecule has 0 aliphatic heterocycles. The number of halogens is 2. The Morgan fingerprint density at radius 2 is 1.80 bits per heavy atom. The maximum Gasteiger partial charge on any atom is 0.241 e. The first-order chi connectivity index (χ1) is 16.5. The number of carbonyl (C=O) groups excluding carboxylic acids is 2. The van der Waals surface area contributed by atoms with Crippen LogP contribution in [0.25, 0.3) is 0 Å². The van der Waals surface area contributed by atoms with Crippen molar-refractivity contribution < 1.29 is 22.4 Å². The zero-order chi connectivity index (χ0) is 26.0. The molecule has 7 N–H and O–H groups in total. The van der Waals surface area contributed by atoms with Gasteiger partial charge in [-0.1, -0.05) is 41.9 Å². The fraction of sp³-hybridized carbons (Fsp3) is 0.318. The zero-order valence-corrected chi connectivity index (χ0v) is 20.6. The number of aliphatic imine (C=N–C) groups is 1. The standard InChI is InChI=1S/C22H28ClFN6O4S/c1-27-22(26)28-11-5-8-18(30-35(33,34)15-9-10-17(24)16(23)13-15)21(32)29-19(20(25)31)12-14-6-3-2-4-7-14/h2-4,6-7,9-10,13,18-19,30H,5,8,11-12H2,1H3,(H2,25,31)(H,29,32)(H3,26,27,28)/t18-,19-/m0/s1. The maximum absolute atomic E-state index is 13.5. The molecule has 0 unspecified atom stereocenters. The quantitative estimate of drug-likeness (QED) is 0.154. The average Bonchev–Trinajstić information content (AvgIpc) is 2.82. The molecule has 2 rings (SSSR count). The highest BCUT2D eigenvalue weighted by Gasteiger charge is 2.29. The Labute approximate surface area is 208 Å². The third-order valence-corrected chi connectivity index (χ3v) is 6.73. The Balaban J connectivity index is 2.21. The van der Waals surface area contributed by atoms with Crippen LogP contribution in [-0.4, -0.2) is 51.9 Å². The molecule has 0 aliphatic carbocycles. The van der Waals surface area contributed by atoms with Gasteiger partial charge in [0.15, 0.2) is 5.96 Å². The van der Waals surface area contributed by atoms with E-state index in [1.54, 1.807) is 30.3 Å². The highest BCUT2D eigenvalue weighted by Crippen LogP contribution is 2.20. The van der Waals surface area contributed by atoms with Crippen molar-refractivity contribution in [1.82, 2.24) is 15.4 Å². The summed E-state index contributed by atoms with van der Waals surface area (Å²) in [5, 5.41) is 4.95. The number of nitrogens with one attached hydrogen (secondary N) is 3. The van der Waals surface area contributed by atoms with Crippen LogP contribution in [0.1, 0.15) is 18.4 Å². The van der Waals surface area contributed by atoms with Crippen LogP contribution >= 0.6 is 11.6 Å². The first-order valence-electron chi connectivity index (χ1n) is 10.6. The van der Waals surface area contributed by atoms with E-state index in [-0.39, 0.29) is 28.7 Å². The molecule has 0 saturated heterocycles. The van der Waals surface area contributed by atoms with Crippen LogP contribution in [0, 0.1) is 5.82 Å². The Morgan fingerprint density at radius 3 is 2.40 bits per heavy atom. The second-order valence-corrected chi connectivity index (χ2v) is 9.70. The van der Waals surface area contributed by atoms with E-state index in [0.29, 0.717) is 13.0 Å². The van der Waals surface area contributed by atoms with Gasteiger partial charge in [-0.3, -0.25) is 14.6 Å². The smallest absolute Gasteiger partial charge is 0.241 e. The van der Waals surface area contributed by atoms with Gasteiger partial charge in [0.05, 0.1) is 9.92 Å². The molecule has 35 heavy (non-hydrogen) atoms. The number of hydrogen-bond donors (Lipinski definition) is 5. The molecule has 2 amide bonds. The van der Waals surface area contributed by atoms with Crippen LogP contribution in [0.3, 0.4) is 0 Å². The van der Waals surface area contributed by atoms with E-state index in [1.165, 1.54) is 7.05 Å². The molecule has 0 aliphatic rings. The van der Waals surface area contributed by atoms with Crippen molar-refractivity contribution in [2.45, 2.75) is 36.2 Å². The number of nitrogens with zero attached hydrogens (tertiary/aromatic N) is 1. The number of rotatable bonds is 12. The largest absolute Gasteiger partial charge is 0.370 e. The molecule has 2 aromatic rings. The molecule has 0 heterocycles. The van der Waals surface area contributed by atoms with E-state index >= 15 is 0 Å². The van der Waals surface area contributed by atoms with Crippen molar-refractivity contribution in [3.63, 3.8) is 0 Å². The number of sulfonamides is 1. The molecule has 2 aromatic carbocycles. The van der Waals surface area contributed by atoms with Gasteiger partial charge in [0.1, 0.15) is 17.9 Å². The summed E-state index contributed by atoms with van der Waals surface area (Å²) < 4.78 is 41.6. The number of amides is 2. The van der Waals surface area contributed by atoms with Gasteiger partial charge in [-0.2, -0.15) is 4.72 Å². The van der Waals surface area contributed by atoms with E-state index < -0.39 is 39.7 Å². The predicted molar refractivity (Wildman–Crippen MR) is 132 cm³/mol. The zero-order valence-electron chi connectivity index (χ0n) is 19.0. The van der Waals surface area contributed by atoms with Gasteiger partial charge >= 0.3 is 0 Å². The summed E-state index contributed by atoms with van der Waals surface area (Å²) in [6, 6.07) is 9.43. The van der Waals surface area contributed by atoms with Crippen molar-refractivity contribution in [1.29, 1.82) is 0 Å². The summed E-state index contributed by atoms with van der Waals surface area (Å²) in [5.74, 6) is -2.13. The topological polar surface area (TPSA) is 169 Å². The Kier molecular flexibility index (Phi) is 10.4. The number of hydrogen-bond acceptors (Lipinski definition) is 5. The minimum atomic E-state index is -4.26. The van der Waals surface area contributed by atoms with Crippen LogP contribution in [-0.2, 0) is 26.0 Å². The van der Waals surface area contributed by atoms with E-state index in [9.17, 15) is 22.4 Å². The first-order valence-corrected chi connectivity index (χ1v) is 12.5. The van der Waals surface area contributed by atoms with Crippen LogP contribution in [0.15, 0.2) is 58.4 Å². The Morgan fingerprint density at radius 1 is 1.11 bits per heavy atom. The summed E-state index contributed by atoms with van der Waals surface area (Å²) in [6.45, 7) is 0.306. The lowest BCUT2D eigenvalue weighted by Gasteiger charge is -2.22. The van der Waals surface area contributed by atoms with E-state index in [4.69, 9.17) is 23.1 Å². The van der Waals surface area contributed by atoms with E-state index in [2.05, 4.69) is 20.3 Å². The monoisotopic (exact) mass is 526 g/mol. The molecule has 0 radical (unpaired) electrons. The molecule has 190 valence electrons. The normalized spacial score (nSPS) is 13.6. The highest BCUT2D eigenvalue weighted by molar-refractivity contribution is 7.89. The SMILES string of the molecule is CN=C(N)NCCC[C@H](NS(=O)(=O)c1ccc(F)c(Cl)c1)C(=O)N[C@@H](Cc1ccccc1)C(N)=O. The fourth-order valence-electron chi connectivity index (χ4n) is 3.09. The van der Waals surface area contributed by atoms with Gasteiger partial charge in [0.25, 0.3) is 0 Å². The van der Waals surface area contributed by atoms with Crippen molar-refractivity contribution in [3.05, 3.63) is 64.9 Å². The predicted octanol–water partition coefficient (Wildman–Crippen LogP) is 0.653. The van der Waals surface area contributed by atoms with Crippen LogP contribution in [0.5, 0.6) is 0 Å². The summed E-state index contributed by atoms with van der Waals surface area (Å²) in [4.78, 5) is 28.5. The minimum Gasteiger partial charge on any atom is -0.370 e. The molecule has 0 bridgehead atoms. The molecule has 0 aromatic heterocycles. The van der Waals surface area contributed by atoms with Crippen molar-refractivity contribution >= 4 is 39.4 Å². The molecular formula is C22H28ClFN6O4S.